The number of unbranched alkanes of at least 4 members (excludes halogenated alkanes) is 21. The van der Waals surface area contributed by atoms with Gasteiger partial charge in [0.1, 0.15) is 12.2 Å². The molecule has 0 heterocycles. The van der Waals surface area contributed by atoms with Gasteiger partial charge in [0.05, 0.1) is 18.8 Å². The molecule has 0 fully saturated rings. The molecular formula is C36H71NO5. The van der Waals surface area contributed by atoms with Crippen LogP contribution in [0.1, 0.15) is 181 Å². The summed E-state index contributed by atoms with van der Waals surface area (Å²) in [5.41, 5.74) is 0. The van der Waals surface area contributed by atoms with Crippen molar-refractivity contribution in [2.45, 2.75) is 205 Å². The molecule has 250 valence electrons. The molecule has 0 bridgehead atoms. The number of hydrogen-bond donors (Lipinski definition) is 5. The van der Waals surface area contributed by atoms with Gasteiger partial charge in [0.25, 0.3) is 0 Å². The fraction of sp³-hybridized carbons (Fsp3) is 0.917. The van der Waals surface area contributed by atoms with Gasteiger partial charge in [-0.05, 0) is 38.5 Å². The zero-order valence-electron chi connectivity index (χ0n) is 27.8. The molecule has 0 aromatic heterocycles. The van der Waals surface area contributed by atoms with Gasteiger partial charge in [0.2, 0.25) is 5.91 Å². The summed E-state index contributed by atoms with van der Waals surface area (Å²) >= 11 is 0. The Morgan fingerprint density at radius 2 is 0.952 bits per heavy atom. The molecule has 4 unspecified atom stereocenters. The SMILES string of the molecule is CCCCCCCCCC/C=C\CCCCCCCCC(O)C(=O)NC(CO)C(O)C(O)CCCCCCCCCC. The van der Waals surface area contributed by atoms with Crippen LogP contribution in [0.15, 0.2) is 12.2 Å². The van der Waals surface area contributed by atoms with Crippen molar-refractivity contribution < 1.29 is 25.2 Å². The molecule has 6 heteroatoms. The van der Waals surface area contributed by atoms with Crippen molar-refractivity contribution >= 4 is 5.91 Å². The van der Waals surface area contributed by atoms with E-state index in [9.17, 15) is 25.2 Å². The van der Waals surface area contributed by atoms with Gasteiger partial charge >= 0.3 is 0 Å². The van der Waals surface area contributed by atoms with E-state index in [0.717, 1.165) is 44.9 Å². The summed E-state index contributed by atoms with van der Waals surface area (Å²) in [4.78, 5) is 12.4. The molecular weight excluding hydrogens is 526 g/mol. The van der Waals surface area contributed by atoms with Crippen LogP contribution >= 0.6 is 0 Å². The van der Waals surface area contributed by atoms with Gasteiger partial charge in [-0.3, -0.25) is 4.79 Å². The molecule has 0 spiro atoms. The van der Waals surface area contributed by atoms with E-state index in [1.165, 1.54) is 109 Å². The maximum absolute atomic E-state index is 12.4. The minimum atomic E-state index is -1.25. The fourth-order valence-corrected chi connectivity index (χ4v) is 5.51. The molecule has 0 aliphatic heterocycles. The van der Waals surface area contributed by atoms with Crippen LogP contribution in [-0.2, 0) is 4.79 Å². The zero-order valence-corrected chi connectivity index (χ0v) is 27.8. The molecule has 6 nitrogen and oxygen atoms in total. The largest absolute Gasteiger partial charge is 0.394 e. The first-order valence-corrected chi connectivity index (χ1v) is 18.1. The van der Waals surface area contributed by atoms with Crippen molar-refractivity contribution in [3.63, 3.8) is 0 Å². The number of amides is 1. The summed E-state index contributed by atoms with van der Waals surface area (Å²) in [6.45, 7) is 3.99. The molecule has 0 radical (unpaired) electrons. The van der Waals surface area contributed by atoms with E-state index >= 15 is 0 Å². The number of allylic oxidation sites excluding steroid dienone is 2. The second-order valence-electron chi connectivity index (χ2n) is 12.6. The minimum absolute atomic E-state index is 0.363. The molecule has 42 heavy (non-hydrogen) atoms. The van der Waals surface area contributed by atoms with Crippen molar-refractivity contribution in [2.75, 3.05) is 6.61 Å². The summed E-state index contributed by atoms with van der Waals surface area (Å²) in [6.07, 6.45) is 31.0. The molecule has 0 aromatic carbocycles. The fourth-order valence-electron chi connectivity index (χ4n) is 5.51. The Morgan fingerprint density at radius 1 is 0.571 bits per heavy atom. The highest BCUT2D eigenvalue weighted by Crippen LogP contribution is 2.15. The second-order valence-corrected chi connectivity index (χ2v) is 12.6. The van der Waals surface area contributed by atoms with Crippen LogP contribution in [0.2, 0.25) is 0 Å². The third-order valence-electron chi connectivity index (χ3n) is 8.48. The summed E-state index contributed by atoms with van der Waals surface area (Å²) in [7, 11) is 0. The van der Waals surface area contributed by atoms with E-state index in [-0.39, 0.29) is 0 Å². The second kappa shape index (κ2) is 31.5. The molecule has 0 aliphatic rings. The maximum atomic E-state index is 12.4. The van der Waals surface area contributed by atoms with Crippen LogP contribution in [0, 0.1) is 0 Å². The van der Waals surface area contributed by atoms with Gasteiger partial charge in [-0.1, -0.05) is 154 Å². The lowest BCUT2D eigenvalue weighted by Gasteiger charge is -2.27. The monoisotopic (exact) mass is 598 g/mol. The Kier molecular flexibility index (Phi) is 30.8. The Labute approximate surface area is 260 Å². The first-order chi connectivity index (χ1) is 20.5. The average Bonchev–Trinajstić information content (AvgIpc) is 2.99. The van der Waals surface area contributed by atoms with Gasteiger partial charge in [-0.25, -0.2) is 0 Å². The van der Waals surface area contributed by atoms with Crippen LogP contribution in [0.25, 0.3) is 0 Å². The van der Waals surface area contributed by atoms with Crippen LogP contribution in [0.3, 0.4) is 0 Å². The molecule has 1 amide bonds. The highest BCUT2D eigenvalue weighted by atomic mass is 16.3. The van der Waals surface area contributed by atoms with E-state index in [4.69, 9.17) is 0 Å². The third-order valence-corrected chi connectivity index (χ3v) is 8.48. The molecule has 0 saturated heterocycles. The molecule has 0 saturated carbocycles. The highest BCUT2D eigenvalue weighted by Gasteiger charge is 2.28. The Morgan fingerprint density at radius 3 is 1.38 bits per heavy atom. The van der Waals surface area contributed by atoms with Gasteiger partial charge in [0.15, 0.2) is 0 Å². The summed E-state index contributed by atoms with van der Waals surface area (Å²) in [6, 6.07) is -0.981. The third kappa shape index (κ3) is 25.5. The summed E-state index contributed by atoms with van der Waals surface area (Å²) < 4.78 is 0. The number of rotatable bonds is 32. The van der Waals surface area contributed by atoms with Gasteiger partial charge in [-0.2, -0.15) is 0 Å². The summed E-state index contributed by atoms with van der Waals surface area (Å²) in [5.74, 6) is -0.592. The maximum Gasteiger partial charge on any atom is 0.249 e. The van der Waals surface area contributed by atoms with Crippen molar-refractivity contribution in [3.05, 3.63) is 12.2 Å². The number of nitrogens with one attached hydrogen (secondary N) is 1. The molecule has 0 rings (SSSR count). The average molecular weight is 598 g/mol. The Bertz CT molecular complexity index is 599. The quantitative estimate of drug-likeness (QED) is 0.0396. The number of carbonyl (C=O) groups excluding carboxylic acids is 1. The summed E-state index contributed by atoms with van der Waals surface area (Å²) in [5, 5.41) is 43.2. The molecule has 4 atom stereocenters. The van der Waals surface area contributed by atoms with Crippen LogP contribution in [-0.4, -0.2) is 57.3 Å². The van der Waals surface area contributed by atoms with Crippen molar-refractivity contribution in [1.82, 2.24) is 5.32 Å². The molecule has 0 aliphatic carbocycles. The number of hydrogen-bond acceptors (Lipinski definition) is 5. The molecule has 0 aromatic rings. The van der Waals surface area contributed by atoms with E-state index in [1.54, 1.807) is 0 Å². The van der Waals surface area contributed by atoms with Gasteiger partial charge in [0, 0.05) is 0 Å². The van der Waals surface area contributed by atoms with Gasteiger partial charge in [-0.15, -0.1) is 0 Å². The van der Waals surface area contributed by atoms with E-state index in [2.05, 4.69) is 31.3 Å². The van der Waals surface area contributed by atoms with Crippen LogP contribution in [0.5, 0.6) is 0 Å². The van der Waals surface area contributed by atoms with Crippen LogP contribution < -0.4 is 5.32 Å². The highest BCUT2D eigenvalue weighted by molar-refractivity contribution is 5.80. The van der Waals surface area contributed by atoms with E-state index < -0.39 is 36.9 Å². The predicted octanol–water partition coefficient (Wildman–Crippen LogP) is 8.28. The lowest BCUT2D eigenvalue weighted by molar-refractivity contribution is -0.132. The zero-order chi connectivity index (χ0) is 31.1. The Balaban J connectivity index is 3.78. The number of aliphatic hydroxyl groups is 4. The topological polar surface area (TPSA) is 110 Å². The predicted molar refractivity (Wildman–Crippen MR) is 178 cm³/mol. The number of carbonyl (C=O) groups is 1. The lowest BCUT2D eigenvalue weighted by Crippen LogP contribution is -2.53. The lowest BCUT2D eigenvalue weighted by atomic mass is 9.99. The van der Waals surface area contributed by atoms with Crippen molar-refractivity contribution in [2.24, 2.45) is 0 Å². The normalized spacial score (nSPS) is 14.7. The van der Waals surface area contributed by atoms with Gasteiger partial charge < -0.3 is 25.7 Å². The van der Waals surface area contributed by atoms with E-state index in [0.29, 0.717) is 12.8 Å². The first-order valence-electron chi connectivity index (χ1n) is 18.1. The van der Waals surface area contributed by atoms with Crippen LogP contribution in [0.4, 0.5) is 0 Å². The molecule has 5 N–H and O–H groups in total. The Hall–Kier alpha value is -0.950. The minimum Gasteiger partial charge on any atom is -0.394 e. The van der Waals surface area contributed by atoms with Crippen molar-refractivity contribution in [3.8, 4) is 0 Å². The number of aliphatic hydroxyl groups excluding tert-OH is 4. The standard InChI is InChI=1S/C36H71NO5/c1-3-5-7-9-11-13-14-15-16-17-18-19-20-21-22-24-26-28-30-34(40)36(42)37-32(31-38)35(41)33(39)29-27-25-23-12-10-8-6-4-2/h17-18,32-35,38-41H,3-16,19-31H2,1-2H3,(H,37,42)/b18-17-. The van der Waals surface area contributed by atoms with Crippen molar-refractivity contribution in [1.29, 1.82) is 0 Å². The smallest absolute Gasteiger partial charge is 0.249 e. The van der Waals surface area contributed by atoms with E-state index in [1.807, 2.05) is 0 Å². The first kappa shape index (κ1) is 41.0.